The molecule has 3 unspecified atom stereocenters. The van der Waals surface area contributed by atoms with Gasteiger partial charge in [-0.25, -0.2) is 0 Å². The van der Waals surface area contributed by atoms with E-state index in [4.69, 9.17) is 11.6 Å². The summed E-state index contributed by atoms with van der Waals surface area (Å²) in [4.78, 5) is 20.8. The summed E-state index contributed by atoms with van der Waals surface area (Å²) >= 11 is 6.14. The number of hydrogen-bond donors (Lipinski definition) is 2. The Morgan fingerprint density at radius 3 is 2.39 bits per heavy atom. The molecule has 0 aromatic heterocycles. The van der Waals surface area contributed by atoms with Gasteiger partial charge in [-0.1, -0.05) is 55.8 Å². The number of amides is 1. The Morgan fingerprint density at radius 1 is 1.03 bits per heavy atom. The van der Waals surface area contributed by atoms with Gasteiger partial charge >= 0.3 is 0 Å². The summed E-state index contributed by atoms with van der Waals surface area (Å²) in [5.41, 5.74) is 0.678. The number of benzene rings is 1. The Hall–Kier alpha value is -1.18. The Balaban J connectivity index is 1.45. The molecule has 1 aromatic carbocycles. The number of piperazine rings is 1. The normalized spacial score (nSPS) is 32.4. The lowest BCUT2D eigenvalue weighted by atomic mass is 9.68. The maximum Gasteiger partial charge on any atom is 0.244 e. The van der Waals surface area contributed by atoms with Crippen LogP contribution in [0.1, 0.15) is 83.6 Å². The number of nitrogens with one attached hydrogen (secondary N) is 1. The van der Waals surface area contributed by atoms with Crippen molar-refractivity contribution in [3.63, 3.8) is 0 Å². The molecule has 3 heterocycles. The predicted octanol–water partition coefficient (Wildman–Crippen LogP) is 4.60. The minimum absolute atomic E-state index is 0.0699. The molecular formula is C29H45ClN4O2. The van der Waals surface area contributed by atoms with Crippen molar-refractivity contribution in [1.29, 1.82) is 0 Å². The number of carbonyl (C=O) groups excluding carboxylic acids is 1. The van der Waals surface area contributed by atoms with Crippen LogP contribution >= 0.6 is 11.6 Å². The van der Waals surface area contributed by atoms with Crippen LogP contribution < -0.4 is 5.32 Å². The average molecular weight is 517 g/mol. The fourth-order valence-electron chi connectivity index (χ4n) is 7.66. The Morgan fingerprint density at radius 2 is 1.69 bits per heavy atom. The maximum absolute atomic E-state index is 14.2. The van der Waals surface area contributed by atoms with Gasteiger partial charge in [0.15, 0.2) is 0 Å². The minimum atomic E-state index is -0.705. The summed E-state index contributed by atoms with van der Waals surface area (Å²) in [5.74, 6) is 0.182. The van der Waals surface area contributed by atoms with Gasteiger partial charge in [0, 0.05) is 30.7 Å². The summed E-state index contributed by atoms with van der Waals surface area (Å²) in [6, 6.07) is 7.89. The highest BCUT2D eigenvalue weighted by Gasteiger charge is 2.58. The van der Waals surface area contributed by atoms with Crippen LogP contribution in [0.25, 0.3) is 0 Å². The topological polar surface area (TPSA) is 59.1 Å². The van der Waals surface area contributed by atoms with Crippen LogP contribution in [0.15, 0.2) is 24.3 Å². The van der Waals surface area contributed by atoms with Gasteiger partial charge in [-0.15, -0.1) is 0 Å². The van der Waals surface area contributed by atoms with Crippen molar-refractivity contribution in [1.82, 2.24) is 20.0 Å². The molecule has 1 saturated carbocycles. The zero-order chi connectivity index (χ0) is 25.3. The molecule has 200 valence electrons. The molecule has 3 saturated heterocycles. The van der Waals surface area contributed by atoms with E-state index in [2.05, 4.69) is 29.0 Å². The van der Waals surface area contributed by atoms with E-state index in [1.165, 1.54) is 57.8 Å². The second-order valence-corrected chi connectivity index (χ2v) is 12.6. The highest BCUT2D eigenvalue weighted by Crippen LogP contribution is 2.47. The van der Waals surface area contributed by atoms with E-state index in [-0.39, 0.29) is 11.9 Å². The molecule has 2 spiro atoms. The first-order chi connectivity index (χ1) is 17.3. The maximum atomic E-state index is 14.2. The molecule has 0 bridgehead atoms. The van der Waals surface area contributed by atoms with E-state index >= 15 is 0 Å². The molecule has 4 aliphatic rings. The monoisotopic (exact) mass is 516 g/mol. The summed E-state index contributed by atoms with van der Waals surface area (Å²) in [6.45, 7) is 7.65. The minimum Gasteiger partial charge on any atom is -0.376 e. The van der Waals surface area contributed by atoms with E-state index in [1.807, 2.05) is 29.2 Å². The number of β-amino-alcohol motifs (C(OH)–C–C–N with tert-alkyl or cyclic N) is 1. The van der Waals surface area contributed by atoms with E-state index in [0.717, 1.165) is 25.1 Å². The van der Waals surface area contributed by atoms with Crippen LogP contribution in [0.2, 0.25) is 5.02 Å². The van der Waals surface area contributed by atoms with Crippen LogP contribution in [0.5, 0.6) is 0 Å². The van der Waals surface area contributed by atoms with E-state index in [9.17, 15) is 9.90 Å². The van der Waals surface area contributed by atoms with Crippen molar-refractivity contribution in [3.8, 4) is 0 Å². The summed E-state index contributed by atoms with van der Waals surface area (Å²) in [6.07, 6.45) is 12.2. The van der Waals surface area contributed by atoms with Crippen LogP contribution in [-0.2, 0) is 11.3 Å². The zero-order valence-corrected chi connectivity index (χ0v) is 23.0. The molecule has 3 aliphatic heterocycles. The highest BCUT2D eigenvalue weighted by molar-refractivity contribution is 6.30. The number of nitrogens with zero attached hydrogens (tertiary/aromatic N) is 3. The van der Waals surface area contributed by atoms with Crippen LogP contribution in [0.3, 0.4) is 0 Å². The average Bonchev–Trinajstić information content (AvgIpc) is 3.29. The molecule has 36 heavy (non-hydrogen) atoms. The number of hydrogen-bond acceptors (Lipinski definition) is 5. The SMILES string of the molecule is CC(C)N1CC(O)N(Cc2ccc(Cl)cc2)C2(CCN(C3NCCCC34CCCCCCC4)C2)C1=O. The number of piperidine rings is 1. The predicted molar refractivity (Wildman–Crippen MR) is 145 cm³/mol. The number of likely N-dealkylation sites (tertiary alicyclic amines) is 1. The van der Waals surface area contributed by atoms with Gasteiger partial charge in [0.25, 0.3) is 0 Å². The van der Waals surface area contributed by atoms with E-state index < -0.39 is 11.8 Å². The van der Waals surface area contributed by atoms with Gasteiger partial charge in [-0.05, 0) is 75.6 Å². The van der Waals surface area contributed by atoms with Crippen molar-refractivity contribution >= 4 is 17.5 Å². The number of carbonyl (C=O) groups is 1. The molecule has 1 aliphatic carbocycles. The van der Waals surface area contributed by atoms with Gasteiger partial charge in [0.05, 0.1) is 12.7 Å². The standard InChI is InChI=1S/C29H45ClN4O2/c1-22(2)33-20-25(35)34(19-23-9-11-24(30)12-10-23)29(27(33)36)16-18-32(21-29)26-28(15-8-17-31-26)13-6-4-3-5-7-14-28/h9-12,22,25-26,31,35H,3-8,13-21H2,1-2H3. The van der Waals surface area contributed by atoms with Gasteiger partial charge in [-0.3, -0.25) is 14.6 Å². The molecule has 5 rings (SSSR count). The fraction of sp³-hybridized carbons (Fsp3) is 0.759. The Labute approximate surface area is 222 Å². The number of halogens is 1. The smallest absolute Gasteiger partial charge is 0.244 e. The summed E-state index contributed by atoms with van der Waals surface area (Å²) in [5, 5.41) is 16.1. The van der Waals surface area contributed by atoms with Gasteiger partial charge in [0.2, 0.25) is 5.91 Å². The first kappa shape index (κ1) is 26.4. The third kappa shape index (κ3) is 4.96. The van der Waals surface area contributed by atoms with Crippen molar-refractivity contribution in [3.05, 3.63) is 34.9 Å². The molecule has 0 radical (unpaired) electrons. The van der Waals surface area contributed by atoms with Gasteiger partial charge in [-0.2, -0.15) is 0 Å². The lowest BCUT2D eigenvalue weighted by molar-refractivity contribution is -0.178. The van der Waals surface area contributed by atoms with Crippen LogP contribution in [0, 0.1) is 5.41 Å². The number of rotatable bonds is 4. The fourth-order valence-corrected chi connectivity index (χ4v) is 7.78. The number of aliphatic hydroxyl groups excluding tert-OH is 1. The lowest BCUT2D eigenvalue weighted by Crippen LogP contribution is -2.71. The van der Waals surface area contributed by atoms with Gasteiger partial charge in [0.1, 0.15) is 11.8 Å². The second kappa shape index (κ2) is 10.9. The van der Waals surface area contributed by atoms with E-state index in [1.54, 1.807) is 0 Å². The molecule has 4 fully saturated rings. The first-order valence-corrected chi connectivity index (χ1v) is 14.7. The van der Waals surface area contributed by atoms with Gasteiger partial charge < -0.3 is 15.3 Å². The molecule has 3 atom stereocenters. The number of aliphatic hydroxyl groups is 1. The van der Waals surface area contributed by atoms with Crippen molar-refractivity contribution in [2.45, 2.75) is 109 Å². The lowest BCUT2D eigenvalue weighted by Gasteiger charge is -2.53. The van der Waals surface area contributed by atoms with Crippen molar-refractivity contribution < 1.29 is 9.90 Å². The molecule has 1 amide bonds. The largest absolute Gasteiger partial charge is 0.376 e. The molecular weight excluding hydrogens is 472 g/mol. The molecule has 6 nitrogen and oxygen atoms in total. The summed E-state index contributed by atoms with van der Waals surface area (Å²) in [7, 11) is 0. The van der Waals surface area contributed by atoms with Crippen LogP contribution in [0.4, 0.5) is 0 Å². The Kier molecular flexibility index (Phi) is 8.00. The van der Waals surface area contributed by atoms with Crippen molar-refractivity contribution in [2.75, 3.05) is 26.2 Å². The third-order valence-corrected chi connectivity index (χ3v) is 9.83. The zero-order valence-electron chi connectivity index (χ0n) is 22.2. The molecule has 7 heteroatoms. The summed E-state index contributed by atoms with van der Waals surface area (Å²) < 4.78 is 0. The van der Waals surface area contributed by atoms with E-state index in [0.29, 0.717) is 36.2 Å². The van der Waals surface area contributed by atoms with Crippen molar-refractivity contribution in [2.24, 2.45) is 5.41 Å². The first-order valence-electron chi connectivity index (χ1n) is 14.3. The van der Waals surface area contributed by atoms with Crippen LogP contribution in [-0.4, -0.2) is 75.9 Å². The third-order valence-electron chi connectivity index (χ3n) is 9.58. The Bertz CT molecular complexity index is 901. The quantitative estimate of drug-likeness (QED) is 0.612. The highest BCUT2D eigenvalue weighted by atomic mass is 35.5. The molecule has 2 N–H and O–H groups in total. The second-order valence-electron chi connectivity index (χ2n) is 12.1. The molecule has 1 aromatic rings.